The molecule has 0 atom stereocenters. The molecular weight excluding hydrogens is 323 g/mol. The number of nitrogens with one attached hydrogen (secondary N) is 1. The summed E-state index contributed by atoms with van der Waals surface area (Å²) >= 11 is 11.9. The van der Waals surface area contributed by atoms with Crippen molar-refractivity contribution in [2.75, 3.05) is 23.7 Å². The molecular formula is C12H16Cl2N2O3S. The number of nitrogens with zero attached hydrogens (tertiary/aromatic N) is 1. The Morgan fingerprint density at radius 3 is 2.55 bits per heavy atom. The van der Waals surface area contributed by atoms with Crippen molar-refractivity contribution in [3.05, 3.63) is 28.2 Å². The summed E-state index contributed by atoms with van der Waals surface area (Å²) in [7, 11) is -3.29. The summed E-state index contributed by atoms with van der Waals surface area (Å²) in [6.45, 7) is 3.21. The van der Waals surface area contributed by atoms with E-state index in [1.165, 1.54) is 11.8 Å². The molecule has 112 valence electrons. The van der Waals surface area contributed by atoms with Crippen LogP contribution in [0.4, 0.5) is 5.69 Å². The lowest BCUT2D eigenvalue weighted by molar-refractivity contribution is -0.116. The molecule has 1 rings (SSSR count). The summed E-state index contributed by atoms with van der Waals surface area (Å²) in [5.41, 5.74) is 0.461. The summed E-state index contributed by atoms with van der Waals surface area (Å²) < 4.78 is 25.1. The minimum absolute atomic E-state index is 0.00894. The second-order valence-electron chi connectivity index (χ2n) is 4.06. The third-order valence-electron chi connectivity index (χ3n) is 2.62. The SMILES string of the molecule is CCS(=O)(=O)NCCN(C(C)=O)c1cc(Cl)ccc1Cl. The first kappa shape index (κ1) is 17.2. The van der Waals surface area contributed by atoms with Crippen LogP contribution in [0.25, 0.3) is 0 Å². The second-order valence-corrected chi connectivity index (χ2v) is 7.00. The zero-order chi connectivity index (χ0) is 15.3. The van der Waals surface area contributed by atoms with Crippen LogP contribution in [0.2, 0.25) is 10.0 Å². The number of carbonyl (C=O) groups is 1. The average Bonchev–Trinajstić information content (AvgIpc) is 2.37. The molecule has 0 radical (unpaired) electrons. The van der Waals surface area contributed by atoms with Gasteiger partial charge in [-0.05, 0) is 25.1 Å². The van der Waals surface area contributed by atoms with E-state index >= 15 is 0 Å². The van der Waals surface area contributed by atoms with Crippen molar-refractivity contribution in [1.82, 2.24) is 4.72 Å². The van der Waals surface area contributed by atoms with Gasteiger partial charge < -0.3 is 4.90 Å². The lowest BCUT2D eigenvalue weighted by Gasteiger charge is -2.22. The van der Waals surface area contributed by atoms with Crippen LogP contribution in [0.1, 0.15) is 13.8 Å². The van der Waals surface area contributed by atoms with Gasteiger partial charge in [-0.3, -0.25) is 4.79 Å². The Hall–Kier alpha value is -0.820. The smallest absolute Gasteiger partial charge is 0.223 e. The third-order valence-corrected chi connectivity index (χ3v) is 4.58. The summed E-state index contributed by atoms with van der Waals surface area (Å²) in [6, 6.07) is 4.77. The van der Waals surface area contributed by atoms with E-state index in [1.807, 2.05) is 0 Å². The Labute approximate surface area is 128 Å². The minimum Gasteiger partial charge on any atom is -0.310 e. The van der Waals surface area contributed by atoms with Crippen LogP contribution in [0.3, 0.4) is 0 Å². The Balaban J connectivity index is 2.85. The molecule has 1 N–H and O–H groups in total. The Morgan fingerprint density at radius 1 is 1.35 bits per heavy atom. The van der Waals surface area contributed by atoms with Gasteiger partial charge in [0.25, 0.3) is 0 Å². The number of halogens is 2. The van der Waals surface area contributed by atoms with Gasteiger partial charge in [0.05, 0.1) is 16.5 Å². The van der Waals surface area contributed by atoms with Gasteiger partial charge in [-0.1, -0.05) is 23.2 Å². The van der Waals surface area contributed by atoms with Crippen molar-refractivity contribution in [3.8, 4) is 0 Å². The fourth-order valence-electron chi connectivity index (χ4n) is 1.56. The topological polar surface area (TPSA) is 66.5 Å². The quantitative estimate of drug-likeness (QED) is 0.865. The highest BCUT2D eigenvalue weighted by atomic mass is 35.5. The Bertz CT molecular complexity index is 590. The molecule has 0 saturated carbocycles. The number of hydrogen-bond donors (Lipinski definition) is 1. The van der Waals surface area contributed by atoms with Crippen molar-refractivity contribution >= 4 is 44.8 Å². The molecule has 0 heterocycles. The predicted molar refractivity (Wildman–Crippen MR) is 82.0 cm³/mol. The van der Waals surface area contributed by atoms with Gasteiger partial charge in [0.2, 0.25) is 15.9 Å². The molecule has 0 saturated heterocycles. The zero-order valence-electron chi connectivity index (χ0n) is 11.2. The van der Waals surface area contributed by atoms with E-state index in [4.69, 9.17) is 23.2 Å². The van der Waals surface area contributed by atoms with Gasteiger partial charge in [-0.2, -0.15) is 0 Å². The van der Waals surface area contributed by atoms with Crippen molar-refractivity contribution in [2.45, 2.75) is 13.8 Å². The van der Waals surface area contributed by atoms with Gasteiger partial charge in [0, 0.05) is 25.0 Å². The van der Waals surface area contributed by atoms with Crippen molar-refractivity contribution < 1.29 is 13.2 Å². The van der Waals surface area contributed by atoms with E-state index in [9.17, 15) is 13.2 Å². The van der Waals surface area contributed by atoms with Gasteiger partial charge >= 0.3 is 0 Å². The summed E-state index contributed by atoms with van der Waals surface area (Å²) in [6.07, 6.45) is 0. The van der Waals surface area contributed by atoms with Crippen LogP contribution >= 0.6 is 23.2 Å². The molecule has 1 aromatic carbocycles. The lowest BCUT2D eigenvalue weighted by atomic mass is 10.2. The normalized spacial score (nSPS) is 11.4. The molecule has 5 nitrogen and oxygen atoms in total. The van der Waals surface area contributed by atoms with E-state index in [0.717, 1.165) is 0 Å². The maximum Gasteiger partial charge on any atom is 0.223 e. The molecule has 0 bridgehead atoms. The first-order valence-electron chi connectivity index (χ1n) is 5.97. The molecule has 0 spiro atoms. The van der Waals surface area contributed by atoms with Crippen LogP contribution in [0.15, 0.2) is 18.2 Å². The van der Waals surface area contributed by atoms with Crippen molar-refractivity contribution in [3.63, 3.8) is 0 Å². The molecule has 20 heavy (non-hydrogen) atoms. The molecule has 0 aliphatic heterocycles. The van der Waals surface area contributed by atoms with Crippen molar-refractivity contribution in [1.29, 1.82) is 0 Å². The highest BCUT2D eigenvalue weighted by molar-refractivity contribution is 7.89. The van der Waals surface area contributed by atoms with Crippen LogP contribution in [-0.2, 0) is 14.8 Å². The summed E-state index contributed by atoms with van der Waals surface area (Å²) in [4.78, 5) is 13.1. The number of rotatable bonds is 6. The molecule has 1 aromatic rings. The van der Waals surface area contributed by atoms with Gasteiger partial charge in [0.15, 0.2) is 0 Å². The molecule has 0 aliphatic carbocycles. The van der Waals surface area contributed by atoms with Crippen LogP contribution in [-0.4, -0.2) is 33.2 Å². The maximum atomic E-state index is 11.7. The van der Waals surface area contributed by atoms with E-state index in [-0.39, 0.29) is 24.7 Å². The summed E-state index contributed by atoms with van der Waals surface area (Å²) in [5.74, 6) is -0.254. The monoisotopic (exact) mass is 338 g/mol. The van der Waals surface area contributed by atoms with E-state index in [1.54, 1.807) is 25.1 Å². The Morgan fingerprint density at radius 2 is 2.00 bits per heavy atom. The first-order chi connectivity index (χ1) is 9.26. The van der Waals surface area contributed by atoms with Crippen LogP contribution < -0.4 is 9.62 Å². The molecule has 0 fully saturated rings. The standard InChI is InChI=1S/C12H16Cl2N2O3S/c1-3-20(18,19)15-6-7-16(9(2)17)12-8-10(13)4-5-11(12)14/h4-5,8,15H,3,6-7H2,1-2H3. The lowest BCUT2D eigenvalue weighted by Crippen LogP contribution is -2.38. The van der Waals surface area contributed by atoms with Crippen LogP contribution in [0.5, 0.6) is 0 Å². The van der Waals surface area contributed by atoms with Crippen molar-refractivity contribution in [2.24, 2.45) is 0 Å². The van der Waals surface area contributed by atoms with Gasteiger partial charge in [0.1, 0.15) is 0 Å². The number of sulfonamides is 1. The number of hydrogen-bond acceptors (Lipinski definition) is 3. The largest absolute Gasteiger partial charge is 0.310 e. The van der Waals surface area contributed by atoms with E-state index < -0.39 is 10.0 Å². The number of carbonyl (C=O) groups excluding carboxylic acids is 1. The highest BCUT2D eigenvalue weighted by Crippen LogP contribution is 2.28. The highest BCUT2D eigenvalue weighted by Gasteiger charge is 2.16. The maximum absolute atomic E-state index is 11.7. The van der Waals surface area contributed by atoms with Crippen LogP contribution in [0, 0.1) is 0 Å². The van der Waals surface area contributed by atoms with E-state index in [0.29, 0.717) is 15.7 Å². The molecule has 0 unspecified atom stereocenters. The minimum atomic E-state index is -3.29. The fourth-order valence-corrected chi connectivity index (χ4v) is 2.55. The van der Waals surface area contributed by atoms with Gasteiger partial charge in [-0.25, -0.2) is 13.1 Å². The summed E-state index contributed by atoms with van der Waals surface area (Å²) in [5, 5.41) is 0.827. The Kier molecular flexibility index (Phi) is 6.26. The predicted octanol–water partition coefficient (Wildman–Crippen LogP) is 2.29. The second kappa shape index (κ2) is 7.26. The molecule has 8 heteroatoms. The number of benzene rings is 1. The molecule has 0 aromatic heterocycles. The zero-order valence-corrected chi connectivity index (χ0v) is 13.5. The van der Waals surface area contributed by atoms with Gasteiger partial charge in [-0.15, -0.1) is 0 Å². The number of amides is 1. The van der Waals surface area contributed by atoms with E-state index in [2.05, 4.69) is 4.72 Å². The number of anilines is 1. The third kappa shape index (κ3) is 4.94. The average molecular weight is 339 g/mol. The molecule has 1 amide bonds. The molecule has 0 aliphatic rings. The fraction of sp³-hybridized carbons (Fsp3) is 0.417. The first-order valence-corrected chi connectivity index (χ1v) is 8.38.